The molecule has 0 aliphatic carbocycles. The fourth-order valence-corrected chi connectivity index (χ4v) is 7.02. The molecule has 0 spiro atoms. The number of aromatic nitrogens is 1. The molecule has 216 valence electrons. The van der Waals surface area contributed by atoms with Gasteiger partial charge in [-0.25, -0.2) is 13.1 Å². The maximum absolute atomic E-state index is 13.1. The molecule has 0 radical (unpaired) electrons. The second-order valence-corrected chi connectivity index (χ2v) is 12.9. The number of ether oxygens (including phenoxy) is 2. The van der Waals surface area contributed by atoms with E-state index in [9.17, 15) is 18.6 Å². The molecule has 0 saturated carbocycles. The van der Waals surface area contributed by atoms with Gasteiger partial charge in [0.1, 0.15) is 4.90 Å². The Morgan fingerprint density at radius 1 is 0.902 bits per heavy atom. The second kappa shape index (κ2) is 13.4. The third-order valence-corrected chi connectivity index (χ3v) is 9.71. The molecule has 1 fully saturated rings. The number of pyridine rings is 1. The molecule has 2 heterocycles. The Kier molecular flexibility index (Phi) is 9.72. The van der Waals surface area contributed by atoms with Gasteiger partial charge in [0.25, 0.3) is 0 Å². The molecule has 10 heteroatoms. The van der Waals surface area contributed by atoms with E-state index < -0.39 is 16.3 Å². The van der Waals surface area contributed by atoms with Gasteiger partial charge >= 0.3 is 0 Å². The van der Waals surface area contributed by atoms with Crippen molar-refractivity contribution in [2.24, 2.45) is 5.92 Å². The average Bonchev–Trinajstić information content (AvgIpc) is 3.01. The summed E-state index contributed by atoms with van der Waals surface area (Å²) in [6, 6.07) is 24.0. The summed E-state index contributed by atoms with van der Waals surface area (Å²) in [4.78, 5) is 4.41. The van der Waals surface area contributed by atoms with Gasteiger partial charge in [0.2, 0.25) is 10.0 Å². The van der Waals surface area contributed by atoms with Crippen molar-refractivity contribution >= 4 is 32.7 Å². The molecule has 0 amide bonds. The van der Waals surface area contributed by atoms with E-state index in [1.54, 1.807) is 36.2 Å². The Morgan fingerprint density at radius 2 is 1.61 bits per heavy atom. The van der Waals surface area contributed by atoms with Gasteiger partial charge in [-0.05, 0) is 28.8 Å². The first-order chi connectivity index (χ1) is 19.9. The van der Waals surface area contributed by atoms with Crippen LogP contribution in [0.3, 0.4) is 0 Å². The van der Waals surface area contributed by atoms with Gasteiger partial charge in [0.15, 0.2) is 6.29 Å². The molecular formula is C31H34N2O6S2. The third kappa shape index (κ3) is 6.98. The van der Waals surface area contributed by atoms with E-state index in [4.69, 9.17) is 9.47 Å². The van der Waals surface area contributed by atoms with Crippen molar-refractivity contribution in [1.82, 2.24) is 9.71 Å². The summed E-state index contributed by atoms with van der Waals surface area (Å²) in [5, 5.41) is 19.4. The minimum atomic E-state index is -3.78. The summed E-state index contributed by atoms with van der Waals surface area (Å²) < 4.78 is 41.8. The van der Waals surface area contributed by atoms with Crippen molar-refractivity contribution in [2.75, 3.05) is 18.1 Å². The van der Waals surface area contributed by atoms with E-state index in [1.807, 2.05) is 60.7 Å². The zero-order valence-electron chi connectivity index (χ0n) is 22.7. The number of nitrogens with zero attached hydrogens (tertiary/aromatic N) is 1. The normalized spacial score (nSPS) is 21.2. The smallest absolute Gasteiger partial charge is 0.243 e. The van der Waals surface area contributed by atoms with E-state index in [-0.39, 0.29) is 42.8 Å². The van der Waals surface area contributed by atoms with Gasteiger partial charge in [-0.2, -0.15) is 11.8 Å². The van der Waals surface area contributed by atoms with E-state index in [0.29, 0.717) is 11.3 Å². The predicted molar refractivity (Wildman–Crippen MR) is 160 cm³/mol. The largest absolute Gasteiger partial charge is 0.396 e. The van der Waals surface area contributed by atoms with E-state index in [0.717, 1.165) is 33.4 Å². The molecule has 1 aliphatic rings. The van der Waals surface area contributed by atoms with Gasteiger partial charge in [-0.15, -0.1) is 0 Å². The van der Waals surface area contributed by atoms with Crippen LogP contribution in [0.15, 0.2) is 90.0 Å². The van der Waals surface area contributed by atoms with Crippen LogP contribution in [0.2, 0.25) is 0 Å². The summed E-state index contributed by atoms with van der Waals surface area (Å²) in [7, 11) is -3.78. The zero-order chi connectivity index (χ0) is 28.8. The highest BCUT2D eigenvalue weighted by Gasteiger charge is 2.38. The van der Waals surface area contributed by atoms with Crippen LogP contribution in [0.5, 0.6) is 0 Å². The fourth-order valence-electron chi connectivity index (χ4n) is 4.92. The summed E-state index contributed by atoms with van der Waals surface area (Å²) >= 11 is 1.64. The van der Waals surface area contributed by atoms with Crippen LogP contribution < -0.4 is 4.72 Å². The molecule has 0 bridgehead atoms. The summed E-state index contributed by atoms with van der Waals surface area (Å²) in [5.41, 5.74) is 3.90. The molecular weight excluding hydrogens is 560 g/mol. The minimum Gasteiger partial charge on any atom is -0.396 e. The van der Waals surface area contributed by atoms with Crippen molar-refractivity contribution in [3.63, 3.8) is 0 Å². The third-order valence-electron chi connectivity index (χ3n) is 7.24. The van der Waals surface area contributed by atoms with Crippen molar-refractivity contribution < 1.29 is 28.1 Å². The number of sulfonamides is 1. The van der Waals surface area contributed by atoms with Crippen molar-refractivity contribution in [2.45, 2.75) is 43.5 Å². The van der Waals surface area contributed by atoms with Crippen LogP contribution in [0, 0.1) is 5.92 Å². The summed E-state index contributed by atoms with van der Waals surface area (Å²) in [6.45, 7) is 2.32. The van der Waals surface area contributed by atoms with Crippen LogP contribution in [-0.4, -0.2) is 47.8 Å². The van der Waals surface area contributed by atoms with E-state index >= 15 is 0 Å². The van der Waals surface area contributed by atoms with Gasteiger partial charge in [-0.1, -0.05) is 73.7 Å². The molecule has 4 unspecified atom stereocenters. The summed E-state index contributed by atoms with van der Waals surface area (Å²) in [6.07, 6.45) is 0.650. The topological polar surface area (TPSA) is 118 Å². The SMILES string of the molecule is CC1C(CSCCO)OC(c2ccc(CNS(=O)(=O)c3cccc4cccnc34)cc2)OC1c1ccc(CO)cc1. The maximum atomic E-state index is 13.1. The molecule has 5 rings (SSSR count). The summed E-state index contributed by atoms with van der Waals surface area (Å²) in [5.74, 6) is 1.41. The van der Waals surface area contributed by atoms with Crippen LogP contribution in [0.1, 0.15) is 41.6 Å². The van der Waals surface area contributed by atoms with Crippen molar-refractivity contribution in [1.29, 1.82) is 0 Å². The number of hydrogen-bond acceptors (Lipinski definition) is 8. The van der Waals surface area contributed by atoms with Gasteiger partial charge in [-0.3, -0.25) is 4.98 Å². The Balaban J connectivity index is 1.31. The lowest BCUT2D eigenvalue weighted by Crippen LogP contribution is -2.38. The van der Waals surface area contributed by atoms with Crippen LogP contribution >= 0.6 is 11.8 Å². The number of aliphatic hydroxyl groups excluding tert-OH is 2. The van der Waals surface area contributed by atoms with Crippen molar-refractivity contribution in [3.8, 4) is 0 Å². The first-order valence-electron chi connectivity index (χ1n) is 13.5. The monoisotopic (exact) mass is 594 g/mol. The number of thioether (sulfide) groups is 1. The molecule has 3 N–H and O–H groups in total. The van der Waals surface area contributed by atoms with E-state index in [2.05, 4.69) is 16.6 Å². The quantitative estimate of drug-likeness (QED) is 0.214. The number of nitrogens with one attached hydrogen (secondary N) is 1. The fraction of sp³-hybridized carbons (Fsp3) is 0.323. The molecule has 1 aromatic heterocycles. The van der Waals surface area contributed by atoms with E-state index in [1.165, 1.54) is 0 Å². The Labute approximate surface area is 244 Å². The lowest BCUT2D eigenvalue weighted by atomic mass is 9.91. The molecule has 4 atom stereocenters. The van der Waals surface area contributed by atoms with Crippen LogP contribution in [0.25, 0.3) is 10.9 Å². The number of benzene rings is 3. The minimum absolute atomic E-state index is 0.0190. The predicted octanol–water partition coefficient (Wildman–Crippen LogP) is 4.72. The number of para-hydroxylation sites is 1. The molecule has 4 aromatic rings. The molecule has 41 heavy (non-hydrogen) atoms. The lowest BCUT2D eigenvalue weighted by Gasteiger charge is -2.41. The number of fused-ring (bicyclic) bond motifs is 1. The Hall–Kier alpha value is -2.83. The first-order valence-corrected chi connectivity index (χ1v) is 16.1. The number of rotatable bonds is 11. The average molecular weight is 595 g/mol. The van der Waals surface area contributed by atoms with Crippen LogP contribution in [-0.2, 0) is 32.6 Å². The zero-order valence-corrected chi connectivity index (χ0v) is 24.4. The number of hydrogen-bond donors (Lipinski definition) is 3. The second-order valence-electron chi connectivity index (χ2n) is 10.0. The molecule has 3 aromatic carbocycles. The Morgan fingerprint density at radius 3 is 2.34 bits per heavy atom. The Bertz CT molecular complexity index is 1540. The highest BCUT2D eigenvalue weighted by molar-refractivity contribution is 7.99. The van der Waals surface area contributed by atoms with Gasteiger partial charge in [0, 0.05) is 41.1 Å². The van der Waals surface area contributed by atoms with Gasteiger partial charge < -0.3 is 19.7 Å². The highest BCUT2D eigenvalue weighted by Crippen LogP contribution is 2.42. The van der Waals surface area contributed by atoms with Gasteiger partial charge in [0.05, 0.1) is 30.9 Å². The van der Waals surface area contributed by atoms with Crippen molar-refractivity contribution in [3.05, 3.63) is 107 Å². The van der Waals surface area contributed by atoms with Crippen LogP contribution in [0.4, 0.5) is 0 Å². The maximum Gasteiger partial charge on any atom is 0.243 e. The standard InChI is InChI=1S/C31H34N2O6S2/c1-21-27(20-40-17-16-34)38-31(39-30(21)25-11-9-23(19-35)10-12-25)26-13-7-22(8-14-26)18-33-41(36,37)28-6-2-4-24-5-3-15-32-29(24)28/h2-15,21,27,30-31,33-35H,16-20H2,1H3. The highest BCUT2D eigenvalue weighted by atomic mass is 32.2. The number of aliphatic hydroxyl groups is 2. The first kappa shape index (κ1) is 29.7. The molecule has 1 saturated heterocycles. The molecule has 1 aliphatic heterocycles. The molecule has 8 nitrogen and oxygen atoms in total. The lowest BCUT2D eigenvalue weighted by molar-refractivity contribution is -0.268.